The molecule has 0 spiro atoms. The van der Waals surface area contributed by atoms with Crippen molar-refractivity contribution in [3.8, 4) is 0 Å². The highest BCUT2D eigenvalue weighted by molar-refractivity contribution is 6.23. The molecule has 66 valence electrons. The Labute approximate surface area is 75.3 Å². The number of alkyl halides is 1. The summed E-state index contributed by atoms with van der Waals surface area (Å²) < 4.78 is 0. The summed E-state index contributed by atoms with van der Waals surface area (Å²) in [4.78, 5) is 0.119. The second-order valence-corrected chi connectivity index (χ2v) is 4.87. The third-order valence-corrected chi connectivity index (χ3v) is 3.47. The van der Waals surface area contributed by atoms with Crippen LogP contribution >= 0.6 is 11.6 Å². The van der Waals surface area contributed by atoms with Crippen molar-refractivity contribution in [2.75, 3.05) is 0 Å². The first-order chi connectivity index (χ1) is 5.17. The third-order valence-electron chi connectivity index (χ3n) is 2.98. The molecule has 1 rings (SSSR count). The Kier molecular flexibility index (Phi) is 3.24. The number of rotatable bonds is 4. The van der Waals surface area contributed by atoms with Crippen LogP contribution in [-0.2, 0) is 0 Å². The lowest BCUT2D eigenvalue weighted by Gasteiger charge is -2.38. The molecule has 0 aromatic carbocycles. The Morgan fingerprint density at radius 3 is 2.45 bits per heavy atom. The van der Waals surface area contributed by atoms with Crippen molar-refractivity contribution in [3.63, 3.8) is 0 Å². The van der Waals surface area contributed by atoms with Crippen LogP contribution in [0.3, 0.4) is 0 Å². The van der Waals surface area contributed by atoms with E-state index in [0.717, 1.165) is 5.92 Å². The normalized spacial score (nSPS) is 24.3. The first-order valence-corrected chi connectivity index (χ1v) is 5.23. The van der Waals surface area contributed by atoms with Crippen LogP contribution < -0.4 is 0 Å². The summed E-state index contributed by atoms with van der Waals surface area (Å²) in [6.45, 7) is 4.45. The Morgan fingerprint density at radius 2 is 2.09 bits per heavy atom. The van der Waals surface area contributed by atoms with Crippen molar-refractivity contribution in [2.24, 2.45) is 5.92 Å². The molecule has 1 aliphatic rings. The predicted molar refractivity (Wildman–Crippen MR) is 51.1 cm³/mol. The first-order valence-electron chi connectivity index (χ1n) is 4.85. The van der Waals surface area contributed by atoms with Crippen molar-refractivity contribution in [2.45, 2.75) is 57.2 Å². The summed E-state index contributed by atoms with van der Waals surface area (Å²) in [6.07, 6.45) is 7.90. The lowest BCUT2D eigenvalue weighted by atomic mass is 9.74. The second-order valence-electron chi connectivity index (χ2n) is 4.01. The molecule has 0 saturated heterocycles. The van der Waals surface area contributed by atoms with Crippen LogP contribution in [-0.4, -0.2) is 4.87 Å². The highest BCUT2D eigenvalue weighted by atomic mass is 35.5. The van der Waals surface area contributed by atoms with Crippen LogP contribution in [0.1, 0.15) is 52.4 Å². The number of hydrogen-bond donors (Lipinski definition) is 0. The van der Waals surface area contributed by atoms with Gasteiger partial charge < -0.3 is 0 Å². The van der Waals surface area contributed by atoms with Gasteiger partial charge in [0.2, 0.25) is 0 Å². The van der Waals surface area contributed by atoms with Crippen molar-refractivity contribution >= 4 is 11.6 Å². The topological polar surface area (TPSA) is 0 Å². The van der Waals surface area contributed by atoms with Crippen molar-refractivity contribution in [1.29, 1.82) is 0 Å². The molecule has 0 aliphatic heterocycles. The van der Waals surface area contributed by atoms with E-state index in [2.05, 4.69) is 13.8 Å². The molecule has 0 amide bonds. The molecule has 1 atom stereocenters. The van der Waals surface area contributed by atoms with Gasteiger partial charge in [0.25, 0.3) is 0 Å². The molecule has 0 heterocycles. The zero-order valence-electron chi connectivity index (χ0n) is 7.70. The molecule has 1 fully saturated rings. The van der Waals surface area contributed by atoms with Crippen LogP contribution in [0, 0.1) is 5.92 Å². The summed E-state index contributed by atoms with van der Waals surface area (Å²) in [7, 11) is 0. The number of halogens is 1. The van der Waals surface area contributed by atoms with Gasteiger partial charge in [-0.2, -0.15) is 0 Å². The Morgan fingerprint density at radius 1 is 1.45 bits per heavy atom. The average Bonchev–Trinajstić information content (AvgIpc) is 1.78. The maximum atomic E-state index is 6.42. The van der Waals surface area contributed by atoms with Crippen LogP contribution in [0.15, 0.2) is 0 Å². The Hall–Kier alpha value is 0.290. The molecule has 0 nitrogen and oxygen atoms in total. The minimum absolute atomic E-state index is 0.119. The highest BCUT2D eigenvalue weighted by Gasteiger charge is 2.35. The summed E-state index contributed by atoms with van der Waals surface area (Å²) in [6, 6.07) is 0. The summed E-state index contributed by atoms with van der Waals surface area (Å²) >= 11 is 6.42. The van der Waals surface area contributed by atoms with Gasteiger partial charge in [0.1, 0.15) is 0 Å². The zero-order valence-corrected chi connectivity index (χ0v) is 8.45. The molecule has 0 radical (unpaired) electrons. The van der Waals surface area contributed by atoms with Gasteiger partial charge in [0.15, 0.2) is 0 Å². The number of hydrogen-bond acceptors (Lipinski definition) is 0. The minimum atomic E-state index is 0.119. The van der Waals surface area contributed by atoms with E-state index in [1.54, 1.807) is 0 Å². The Balaban J connectivity index is 2.25. The Bertz CT molecular complexity index is 114. The largest absolute Gasteiger partial charge is 0.119 e. The van der Waals surface area contributed by atoms with Crippen molar-refractivity contribution < 1.29 is 0 Å². The van der Waals surface area contributed by atoms with Crippen LogP contribution in [0.25, 0.3) is 0 Å². The van der Waals surface area contributed by atoms with Gasteiger partial charge in [0, 0.05) is 4.87 Å². The monoisotopic (exact) mass is 174 g/mol. The fourth-order valence-corrected chi connectivity index (χ4v) is 2.09. The molecule has 1 aliphatic carbocycles. The van der Waals surface area contributed by atoms with E-state index in [9.17, 15) is 0 Å². The molecule has 11 heavy (non-hydrogen) atoms. The maximum Gasteiger partial charge on any atom is 0.0446 e. The highest BCUT2D eigenvalue weighted by Crippen LogP contribution is 2.42. The van der Waals surface area contributed by atoms with E-state index in [4.69, 9.17) is 11.6 Å². The molecular weight excluding hydrogens is 156 g/mol. The molecule has 1 unspecified atom stereocenters. The first kappa shape index (κ1) is 9.38. The second kappa shape index (κ2) is 3.80. The standard InChI is InChI=1S/C10H19Cl/c1-3-4-8-10(2,11)9-6-5-7-9/h9H,3-8H2,1-2H3. The molecule has 1 heteroatoms. The summed E-state index contributed by atoms with van der Waals surface area (Å²) in [5, 5.41) is 0. The van der Waals surface area contributed by atoms with E-state index in [-0.39, 0.29) is 4.87 Å². The van der Waals surface area contributed by atoms with Gasteiger partial charge in [-0.1, -0.05) is 26.2 Å². The molecule has 0 bridgehead atoms. The van der Waals surface area contributed by atoms with Crippen molar-refractivity contribution in [3.05, 3.63) is 0 Å². The van der Waals surface area contributed by atoms with Crippen LogP contribution in [0.4, 0.5) is 0 Å². The fraction of sp³-hybridized carbons (Fsp3) is 1.00. The number of unbranched alkanes of at least 4 members (excludes halogenated alkanes) is 1. The van der Waals surface area contributed by atoms with E-state index in [1.807, 2.05) is 0 Å². The van der Waals surface area contributed by atoms with Gasteiger partial charge in [-0.3, -0.25) is 0 Å². The molecule has 0 aromatic heterocycles. The van der Waals surface area contributed by atoms with Gasteiger partial charge >= 0.3 is 0 Å². The van der Waals surface area contributed by atoms with E-state index >= 15 is 0 Å². The molecular formula is C10H19Cl. The van der Waals surface area contributed by atoms with Gasteiger partial charge in [-0.25, -0.2) is 0 Å². The smallest absolute Gasteiger partial charge is 0.0446 e. The molecule has 0 aromatic rings. The van der Waals surface area contributed by atoms with Crippen LogP contribution in [0.2, 0.25) is 0 Å². The lowest BCUT2D eigenvalue weighted by molar-refractivity contribution is 0.230. The summed E-state index contributed by atoms with van der Waals surface area (Å²) in [5.74, 6) is 0.815. The van der Waals surface area contributed by atoms with Gasteiger partial charge in [-0.05, 0) is 32.1 Å². The summed E-state index contributed by atoms with van der Waals surface area (Å²) in [5.41, 5.74) is 0. The quantitative estimate of drug-likeness (QED) is 0.566. The van der Waals surface area contributed by atoms with E-state index < -0.39 is 0 Å². The third kappa shape index (κ3) is 2.37. The van der Waals surface area contributed by atoms with Crippen molar-refractivity contribution in [1.82, 2.24) is 0 Å². The molecule has 0 N–H and O–H groups in total. The predicted octanol–water partition coefficient (Wildman–Crippen LogP) is 3.97. The van der Waals surface area contributed by atoms with E-state index in [0.29, 0.717) is 0 Å². The maximum absolute atomic E-state index is 6.42. The van der Waals surface area contributed by atoms with Gasteiger partial charge in [0.05, 0.1) is 0 Å². The zero-order chi connectivity index (χ0) is 8.32. The van der Waals surface area contributed by atoms with Gasteiger partial charge in [-0.15, -0.1) is 11.6 Å². The minimum Gasteiger partial charge on any atom is -0.119 e. The van der Waals surface area contributed by atoms with E-state index in [1.165, 1.54) is 38.5 Å². The fourth-order valence-electron chi connectivity index (χ4n) is 1.74. The van der Waals surface area contributed by atoms with Crippen LogP contribution in [0.5, 0.6) is 0 Å². The lowest BCUT2D eigenvalue weighted by Crippen LogP contribution is -2.33. The SMILES string of the molecule is CCCCC(C)(Cl)C1CCC1. The molecule has 1 saturated carbocycles. The average molecular weight is 175 g/mol.